The van der Waals surface area contributed by atoms with E-state index in [9.17, 15) is 4.79 Å². The standard InChI is InChI=1S/C11H8ClNO/c12-10-3-1-8(2-4-10)9-5-6-13-11(14)7-9/h1-7H,(H,13,14). The van der Waals surface area contributed by atoms with Crippen LogP contribution in [0.15, 0.2) is 47.4 Å². The SMILES string of the molecule is O=c1cc(-c2ccc(Cl)cc2)cc[nH]1. The number of benzene rings is 1. The Bertz CT molecular complexity index is 487. The van der Waals surface area contributed by atoms with E-state index in [0.29, 0.717) is 5.02 Å². The van der Waals surface area contributed by atoms with Gasteiger partial charge in [-0.05, 0) is 29.3 Å². The Morgan fingerprint density at radius 2 is 1.71 bits per heavy atom. The van der Waals surface area contributed by atoms with Crippen molar-refractivity contribution in [3.63, 3.8) is 0 Å². The molecule has 1 heterocycles. The zero-order valence-electron chi connectivity index (χ0n) is 7.33. The first-order valence-electron chi connectivity index (χ1n) is 4.20. The Kier molecular flexibility index (Phi) is 2.37. The molecule has 0 amide bonds. The summed E-state index contributed by atoms with van der Waals surface area (Å²) in [6, 6.07) is 10.8. The van der Waals surface area contributed by atoms with Gasteiger partial charge >= 0.3 is 0 Å². The zero-order chi connectivity index (χ0) is 9.97. The maximum Gasteiger partial charge on any atom is 0.248 e. The number of aromatic amines is 1. The van der Waals surface area contributed by atoms with Crippen molar-refractivity contribution in [2.75, 3.05) is 0 Å². The number of pyridine rings is 1. The molecule has 0 atom stereocenters. The van der Waals surface area contributed by atoms with E-state index in [4.69, 9.17) is 11.6 Å². The average Bonchev–Trinajstić information content (AvgIpc) is 2.19. The monoisotopic (exact) mass is 205 g/mol. The van der Waals surface area contributed by atoms with E-state index in [0.717, 1.165) is 11.1 Å². The maximum atomic E-state index is 11.0. The Morgan fingerprint density at radius 3 is 2.36 bits per heavy atom. The van der Waals surface area contributed by atoms with Crippen LogP contribution in [0.4, 0.5) is 0 Å². The van der Waals surface area contributed by atoms with Crippen LogP contribution in [0.5, 0.6) is 0 Å². The van der Waals surface area contributed by atoms with Crippen LogP contribution < -0.4 is 5.56 Å². The lowest BCUT2D eigenvalue weighted by atomic mass is 10.1. The van der Waals surface area contributed by atoms with Gasteiger partial charge in [0.2, 0.25) is 5.56 Å². The van der Waals surface area contributed by atoms with Gasteiger partial charge < -0.3 is 4.98 Å². The van der Waals surface area contributed by atoms with Crippen molar-refractivity contribution in [2.24, 2.45) is 0 Å². The summed E-state index contributed by atoms with van der Waals surface area (Å²) >= 11 is 5.76. The number of rotatable bonds is 1. The second kappa shape index (κ2) is 3.68. The van der Waals surface area contributed by atoms with Crippen LogP contribution in [0.2, 0.25) is 5.02 Å². The fourth-order valence-electron chi connectivity index (χ4n) is 1.27. The van der Waals surface area contributed by atoms with Crippen molar-refractivity contribution in [1.29, 1.82) is 0 Å². The van der Waals surface area contributed by atoms with Crippen molar-refractivity contribution in [1.82, 2.24) is 4.98 Å². The summed E-state index contributed by atoms with van der Waals surface area (Å²) < 4.78 is 0. The molecule has 0 radical (unpaired) electrons. The molecular formula is C11H8ClNO. The number of nitrogens with one attached hydrogen (secondary N) is 1. The van der Waals surface area contributed by atoms with Crippen LogP contribution >= 0.6 is 11.6 Å². The first-order valence-corrected chi connectivity index (χ1v) is 4.58. The molecule has 0 spiro atoms. The lowest BCUT2D eigenvalue weighted by molar-refractivity contribution is 1.24. The van der Waals surface area contributed by atoms with E-state index in [1.165, 1.54) is 0 Å². The van der Waals surface area contributed by atoms with Gasteiger partial charge in [-0.1, -0.05) is 23.7 Å². The fourth-order valence-corrected chi connectivity index (χ4v) is 1.39. The number of aromatic nitrogens is 1. The predicted octanol–water partition coefficient (Wildman–Crippen LogP) is 2.70. The van der Waals surface area contributed by atoms with Gasteiger partial charge in [-0.15, -0.1) is 0 Å². The minimum absolute atomic E-state index is 0.0996. The van der Waals surface area contributed by atoms with Gasteiger partial charge in [0, 0.05) is 17.3 Å². The molecule has 0 bridgehead atoms. The number of hydrogen-bond acceptors (Lipinski definition) is 1. The molecule has 0 aliphatic heterocycles. The molecule has 0 aliphatic rings. The van der Waals surface area contributed by atoms with Gasteiger partial charge in [0.25, 0.3) is 0 Å². The average molecular weight is 206 g/mol. The van der Waals surface area contributed by atoms with Crippen molar-refractivity contribution >= 4 is 11.6 Å². The fraction of sp³-hybridized carbons (Fsp3) is 0. The molecule has 1 aromatic carbocycles. The van der Waals surface area contributed by atoms with Crippen molar-refractivity contribution < 1.29 is 0 Å². The quantitative estimate of drug-likeness (QED) is 0.763. The van der Waals surface area contributed by atoms with E-state index in [-0.39, 0.29) is 5.56 Å². The van der Waals surface area contributed by atoms with E-state index in [2.05, 4.69) is 4.98 Å². The van der Waals surface area contributed by atoms with Crippen LogP contribution in [-0.2, 0) is 0 Å². The Labute approximate surface area is 86.2 Å². The lowest BCUT2D eigenvalue weighted by Gasteiger charge is -1.99. The van der Waals surface area contributed by atoms with Crippen LogP contribution in [0.3, 0.4) is 0 Å². The Hall–Kier alpha value is -1.54. The number of hydrogen-bond donors (Lipinski definition) is 1. The third kappa shape index (κ3) is 1.86. The molecular weight excluding hydrogens is 198 g/mol. The molecule has 1 N–H and O–H groups in total. The third-order valence-corrected chi connectivity index (χ3v) is 2.20. The third-order valence-electron chi connectivity index (χ3n) is 1.95. The molecule has 2 aromatic rings. The molecule has 0 fully saturated rings. The molecule has 0 saturated heterocycles. The van der Waals surface area contributed by atoms with E-state index < -0.39 is 0 Å². The van der Waals surface area contributed by atoms with Crippen LogP contribution in [0.25, 0.3) is 11.1 Å². The molecule has 3 heteroatoms. The van der Waals surface area contributed by atoms with Crippen molar-refractivity contribution in [3.8, 4) is 11.1 Å². The molecule has 1 aromatic heterocycles. The second-order valence-electron chi connectivity index (χ2n) is 2.95. The molecule has 0 saturated carbocycles. The van der Waals surface area contributed by atoms with Gasteiger partial charge in [-0.25, -0.2) is 0 Å². The summed E-state index contributed by atoms with van der Waals surface area (Å²) in [6.45, 7) is 0. The normalized spacial score (nSPS) is 10.1. The molecule has 0 aliphatic carbocycles. The highest BCUT2D eigenvalue weighted by atomic mass is 35.5. The maximum absolute atomic E-state index is 11.0. The molecule has 14 heavy (non-hydrogen) atoms. The Balaban J connectivity index is 2.50. The lowest BCUT2D eigenvalue weighted by Crippen LogP contribution is -2.01. The Morgan fingerprint density at radius 1 is 1.00 bits per heavy atom. The molecule has 2 rings (SSSR count). The summed E-state index contributed by atoms with van der Waals surface area (Å²) in [7, 11) is 0. The van der Waals surface area contributed by atoms with Gasteiger partial charge in [0.15, 0.2) is 0 Å². The van der Waals surface area contributed by atoms with Gasteiger partial charge in [0.1, 0.15) is 0 Å². The van der Waals surface area contributed by atoms with Crippen LogP contribution in [0, 0.1) is 0 Å². The first kappa shape index (κ1) is 9.03. The summed E-state index contributed by atoms with van der Waals surface area (Å²) in [6.07, 6.45) is 1.63. The van der Waals surface area contributed by atoms with Gasteiger partial charge in [-0.2, -0.15) is 0 Å². The molecule has 70 valence electrons. The molecule has 0 unspecified atom stereocenters. The topological polar surface area (TPSA) is 32.9 Å². The van der Waals surface area contributed by atoms with E-state index in [1.807, 2.05) is 18.2 Å². The summed E-state index contributed by atoms with van der Waals surface area (Å²) in [4.78, 5) is 13.6. The smallest absolute Gasteiger partial charge is 0.248 e. The van der Waals surface area contributed by atoms with E-state index in [1.54, 1.807) is 24.4 Å². The van der Waals surface area contributed by atoms with E-state index >= 15 is 0 Å². The first-order chi connectivity index (χ1) is 6.75. The summed E-state index contributed by atoms with van der Waals surface area (Å²) in [5, 5.41) is 0.693. The number of halogens is 1. The summed E-state index contributed by atoms with van der Waals surface area (Å²) in [5.41, 5.74) is 1.78. The summed E-state index contributed by atoms with van der Waals surface area (Å²) in [5.74, 6) is 0. The van der Waals surface area contributed by atoms with Crippen molar-refractivity contribution in [2.45, 2.75) is 0 Å². The minimum atomic E-state index is -0.0996. The second-order valence-corrected chi connectivity index (χ2v) is 3.38. The largest absolute Gasteiger partial charge is 0.329 e. The molecule has 2 nitrogen and oxygen atoms in total. The predicted molar refractivity (Wildman–Crippen MR) is 57.5 cm³/mol. The zero-order valence-corrected chi connectivity index (χ0v) is 8.08. The highest BCUT2D eigenvalue weighted by molar-refractivity contribution is 6.30. The minimum Gasteiger partial charge on any atom is -0.329 e. The van der Waals surface area contributed by atoms with Crippen molar-refractivity contribution in [3.05, 3.63) is 58.0 Å². The van der Waals surface area contributed by atoms with Crippen LogP contribution in [-0.4, -0.2) is 4.98 Å². The van der Waals surface area contributed by atoms with Gasteiger partial charge in [0.05, 0.1) is 0 Å². The highest BCUT2D eigenvalue weighted by Crippen LogP contribution is 2.19. The highest BCUT2D eigenvalue weighted by Gasteiger charge is 1.97. The number of H-pyrrole nitrogens is 1. The van der Waals surface area contributed by atoms with Crippen LogP contribution in [0.1, 0.15) is 0 Å². The van der Waals surface area contributed by atoms with Gasteiger partial charge in [-0.3, -0.25) is 4.79 Å².